The summed E-state index contributed by atoms with van der Waals surface area (Å²) < 4.78 is 0. The topological polar surface area (TPSA) is 20.3 Å². The first-order valence-corrected chi connectivity index (χ1v) is 5.64. The molecule has 1 heterocycles. The molecule has 15 heavy (non-hydrogen) atoms. The molecule has 0 aromatic carbocycles. The van der Waals surface area contributed by atoms with Gasteiger partial charge >= 0.3 is 0 Å². The van der Waals surface area contributed by atoms with E-state index in [0.717, 1.165) is 18.5 Å². The molecule has 1 aliphatic rings. The number of carbonyl (C=O) groups is 1. The van der Waals surface area contributed by atoms with Crippen molar-refractivity contribution in [2.75, 3.05) is 6.54 Å². The number of Topliss-reactive ketones (excluding diaryl/α,β-unsaturated/α-hetero) is 1. The van der Waals surface area contributed by atoms with Crippen molar-refractivity contribution in [1.82, 2.24) is 4.90 Å². The largest absolute Gasteiger partial charge is 0.372 e. The normalized spacial score (nSPS) is 21.2. The quantitative estimate of drug-likeness (QED) is 0.661. The van der Waals surface area contributed by atoms with E-state index >= 15 is 0 Å². The average Bonchev–Trinajstić information content (AvgIpc) is 2.00. The summed E-state index contributed by atoms with van der Waals surface area (Å²) >= 11 is 0. The van der Waals surface area contributed by atoms with Gasteiger partial charge in [-0.25, -0.2) is 0 Å². The number of hydrogen-bond acceptors (Lipinski definition) is 2. The molecule has 2 heteroatoms. The zero-order valence-corrected chi connectivity index (χ0v) is 10.8. The molecule has 86 valence electrons. The Hall–Kier alpha value is -0.790. The van der Waals surface area contributed by atoms with Crippen LogP contribution >= 0.6 is 0 Å². The Morgan fingerprint density at radius 2 is 1.93 bits per heavy atom. The molecule has 0 N–H and O–H groups in total. The van der Waals surface area contributed by atoms with E-state index < -0.39 is 0 Å². The molecule has 0 spiro atoms. The lowest BCUT2D eigenvalue weighted by molar-refractivity contribution is -0.115. The van der Waals surface area contributed by atoms with E-state index in [1.807, 2.05) is 0 Å². The van der Waals surface area contributed by atoms with Crippen LogP contribution in [0.1, 0.15) is 48.0 Å². The van der Waals surface area contributed by atoms with Gasteiger partial charge in [0, 0.05) is 23.9 Å². The number of rotatable bonds is 1. The molecule has 0 saturated heterocycles. The predicted octanol–water partition coefficient (Wildman–Crippen LogP) is 2.99. The molecule has 0 unspecified atom stereocenters. The van der Waals surface area contributed by atoms with E-state index in [1.165, 1.54) is 0 Å². The lowest BCUT2D eigenvalue weighted by Gasteiger charge is -2.43. The summed E-state index contributed by atoms with van der Waals surface area (Å²) in [6.45, 7) is 13.5. The molecule has 1 rings (SSSR count). The summed E-state index contributed by atoms with van der Waals surface area (Å²) in [6.07, 6.45) is 3.11. The van der Waals surface area contributed by atoms with Crippen molar-refractivity contribution >= 4 is 5.78 Å². The van der Waals surface area contributed by atoms with Crippen LogP contribution in [0, 0.1) is 5.41 Å². The monoisotopic (exact) mass is 209 g/mol. The van der Waals surface area contributed by atoms with Crippen molar-refractivity contribution in [3.63, 3.8) is 0 Å². The van der Waals surface area contributed by atoms with Crippen molar-refractivity contribution in [3.05, 3.63) is 11.8 Å². The highest BCUT2D eigenvalue weighted by Crippen LogP contribution is 2.36. The summed E-state index contributed by atoms with van der Waals surface area (Å²) in [5, 5.41) is 0. The SMILES string of the molecule is CC(=O)C1=CN(C(C)(C)C)CCC1(C)C. The van der Waals surface area contributed by atoms with Gasteiger partial charge in [-0.05, 0) is 39.5 Å². The van der Waals surface area contributed by atoms with Crippen LogP contribution in [0.15, 0.2) is 11.8 Å². The zero-order chi connectivity index (χ0) is 11.9. The summed E-state index contributed by atoms with van der Waals surface area (Å²) in [7, 11) is 0. The third kappa shape index (κ3) is 2.61. The molecule has 1 aliphatic heterocycles. The highest BCUT2D eigenvalue weighted by atomic mass is 16.1. The van der Waals surface area contributed by atoms with E-state index in [9.17, 15) is 4.79 Å². The standard InChI is InChI=1S/C13H23NO/c1-10(15)11-9-14(12(2,3)4)8-7-13(11,5)6/h9H,7-8H2,1-6H3. The van der Waals surface area contributed by atoms with Crippen LogP contribution in [-0.4, -0.2) is 22.8 Å². The Morgan fingerprint density at radius 1 is 1.40 bits per heavy atom. The zero-order valence-electron chi connectivity index (χ0n) is 10.8. The van der Waals surface area contributed by atoms with E-state index in [-0.39, 0.29) is 16.7 Å². The first kappa shape index (κ1) is 12.3. The Bertz CT molecular complexity index is 294. The van der Waals surface area contributed by atoms with Crippen LogP contribution in [0.25, 0.3) is 0 Å². The number of ketones is 1. The number of hydrogen-bond donors (Lipinski definition) is 0. The van der Waals surface area contributed by atoms with Gasteiger partial charge in [0.15, 0.2) is 5.78 Å². The summed E-state index contributed by atoms with van der Waals surface area (Å²) in [5.74, 6) is 0.203. The molecule has 0 aromatic rings. The number of allylic oxidation sites excluding steroid dienone is 1. The van der Waals surface area contributed by atoms with E-state index in [0.29, 0.717) is 0 Å². The summed E-state index contributed by atoms with van der Waals surface area (Å²) in [4.78, 5) is 13.9. The molecule has 0 radical (unpaired) electrons. The minimum absolute atomic E-state index is 0.0353. The first-order valence-electron chi connectivity index (χ1n) is 5.64. The minimum Gasteiger partial charge on any atom is -0.372 e. The molecule has 0 fully saturated rings. The van der Waals surface area contributed by atoms with Crippen LogP contribution in [-0.2, 0) is 4.79 Å². The second-order valence-electron chi connectivity index (χ2n) is 6.10. The fraction of sp³-hybridized carbons (Fsp3) is 0.769. The number of nitrogens with zero attached hydrogens (tertiary/aromatic N) is 1. The van der Waals surface area contributed by atoms with Crippen molar-refractivity contribution in [1.29, 1.82) is 0 Å². The Morgan fingerprint density at radius 3 is 2.33 bits per heavy atom. The van der Waals surface area contributed by atoms with Crippen molar-refractivity contribution < 1.29 is 4.79 Å². The Labute approximate surface area is 93.3 Å². The van der Waals surface area contributed by atoms with Gasteiger partial charge in [-0.2, -0.15) is 0 Å². The highest BCUT2D eigenvalue weighted by Gasteiger charge is 2.33. The molecule has 0 saturated carbocycles. The molecule has 0 bridgehead atoms. The lowest BCUT2D eigenvalue weighted by Crippen LogP contribution is -2.44. The van der Waals surface area contributed by atoms with Crippen LogP contribution in [0.2, 0.25) is 0 Å². The van der Waals surface area contributed by atoms with Crippen LogP contribution < -0.4 is 0 Å². The smallest absolute Gasteiger partial charge is 0.157 e. The van der Waals surface area contributed by atoms with Crippen molar-refractivity contribution in [3.8, 4) is 0 Å². The average molecular weight is 209 g/mol. The minimum atomic E-state index is 0.0353. The second kappa shape index (κ2) is 3.66. The van der Waals surface area contributed by atoms with Crippen LogP contribution in [0.5, 0.6) is 0 Å². The fourth-order valence-electron chi connectivity index (χ4n) is 2.03. The van der Waals surface area contributed by atoms with Crippen LogP contribution in [0.3, 0.4) is 0 Å². The van der Waals surface area contributed by atoms with Gasteiger partial charge < -0.3 is 4.90 Å². The second-order valence-corrected chi connectivity index (χ2v) is 6.10. The van der Waals surface area contributed by atoms with Gasteiger partial charge in [0.25, 0.3) is 0 Å². The van der Waals surface area contributed by atoms with Crippen LogP contribution in [0.4, 0.5) is 0 Å². The number of carbonyl (C=O) groups excluding carboxylic acids is 1. The maximum atomic E-state index is 11.6. The Balaban J connectivity index is 3.05. The van der Waals surface area contributed by atoms with Gasteiger partial charge in [0.2, 0.25) is 0 Å². The molecular formula is C13H23NO. The van der Waals surface area contributed by atoms with Gasteiger partial charge in [-0.15, -0.1) is 0 Å². The van der Waals surface area contributed by atoms with E-state index in [2.05, 4.69) is 45.7 Å². The Kier molecular flexibility index (Phi) is 2.99. The molecule has 0 atom stereocenters. The van der Waals surface area contributed by atoms with Gasteiger partial charge in [0.1, 0.15) is 0 Å². The first-order chi connectivity index (χ1) is 6.64. The summed E-state index contributed by atoms with van der Waals surface area (Å²) in [6, 6.07) is 0. The van der Waals surface area contributed by atoms with E-state index in [1.54, 1.807) is 6.92 Å². The highest BCUT2D eigenvalue weighted by molar-refractivity contribution is 5.94. The maximum Gasteiger partial charge on any atom is 0.157 e. The molecule has 0 aliphatic carbocycles. The molecule has 0 amide bonds. The predicted molar refractivity (Wildman–Crippen MR) is 63.6 cm³/mol. The van der Waals surface area contributed by atoms with Crippen molar-refractivity contribution in [2.45, 2.75) is 53.5 Å². The molecule has 2 nitrogen and oxygen atoms in total. The maximum absolute atomic E-state index is 11.6. The van der Waals surface area contributed by atoms with Gasteiger partial charge in [-0.1, -0.05) is 13.8 Å². The van der Waals surface area contributed by atoms with Gasteiger partial charge in [-0.3, -0.25) is 4.79 Å². The molecule has 0 aromatic heterocycles. The summed E-state index contributed by atoms with van der Waals surface area (Å²) in [5.41, 5.74) is 1.11. The third-order valence-corrected chi connectivity index (χ3v) is 3.23. The fourth-order valence-corrected chi connectivity index (χ4v) is 2.03. The van der Waals surface area contributed by atoms with Gasteiger partial charge in [0.05, 0.1) is 0 Å². The van der Waals surface area contributed by atoms with Crippen molar-refractivity contribution in [2.24, 2.45) is 5.41 Å². The molecular weight excluding hydrogens is 186 g/mol. The van der Waals surface area contributed by atoms with E-state index in [4.69, 9.17) is 0 Å². The third-order valence-electron chi connectivity index (χ3n) is 3.23. The lowest BCUT2D eigenvalue weighted by atomic mass is 9.77.